The summed E-state index contributed by atoms with van der Waals surface area (Å²) in [6.07, 6.45) is 6.66. The summed E-state index contributed by atoms with van der Waals surface area (Å²) in [5, 5.41) is 16.8. The van der Waals surface area contributed by atoms with Crippen LogP contribution in [0.3, 0.4) is 0 Å². The van der Waals surface area contributed by atoms with Gasteiger partial charge in [-0.25, -0.2) is 4.98 Å². The minimum absolute atomic E-state index is 0.0675. The lowest BCUT2D eigenvalue weighted by atomic mass is 9.78. The lowest BCUT2D eigenvalue weighted by Gasteiger charge is -2.37. The van der Waals surface area contributed by atoms with Crippen LogP contribution in [0.25, 0.3) is 27.7 Å². The van der Waals surface area contributed by atoms with Gasteiger partial charge in [0.1, 0.15) is 23.5 Å². The molecule has 0 radical (unpaired) electrons. The number of imide groups is 1. The van der Waals surface area contributed by atoms with Crippen molar-refractivity contribution in [2.75, 3.05) is 33.2 Å². The number of imidazole rings is 1. The summed E-state index contributed by atoms with van der Waals surface area (Å²) >= 11 is 0. The van der Waals surface area contributed by atoms with E-state index in [1.807, 2.05) is 46.0 Å². The van der Waals surface area contributed by atoms with Gasteiger partial charge >= 0.3 is 0 Å². The minimum Gasteiger partial charge on any atom is -0.341 e. The summed E-state index contributed by atoms with van der Waals surface area (Å²) in [6, 6.07) is 12.9. The van der Waals surface area contributed by atoms with E-state index in [4.69, 9.17) is 0 Å². The summed E-state index contributed by atoms with van der Waals surface area (Å²) in [5.74, 6) is -0.912. The number of nitrogens with zero attached hydrogens (tertiary/aromatic N) is 6. The Balaban J connectivity index is 1.18. The lowest BCUT2D eigenvalue weighted by Crippen LogP contribution is -2.48. The van der Waals surface area contributed by atoms with E-state index in [1.165, 1.54) is 0 Å². The van der Waals surface area contributed by atoms with Gasteiger partial charge < -0.3 is 19.7 Å². The molecule has 3 aromatic heterocycles. The molecule has 222 valence electrons. The molecule has 1 atom stereocenters. The molecule has 7 heterocycles. The number of nitriles is 1. The first-order valence-corrected chi connectivity index (χ1v) is 15.1. The van der Waals surface area contributed by atoms with E-state index in [9.17, 15) is 19.6 Å². The van der Waals surface area contributed by atoms with Crippen LogP contribution in [-0.2, 0) is 27.5 Å². The van der Waals surface area contributed by atoms with E-state index in [1.54, 1.807) is 16.7 Å². The number of amides is 3. The molecule has 1 spiro atoms. The summed E-state index contributed by atoms with van der Waals surface area (Å²) in [4.78, 5) is 49.3. The van der Waals surface area contributed by atoms with E-state index in [0.29, 0.717) is 41.1 Å². The molecule has 4 aromatic rings. The van der Waals surface area contributed by atoms with E-state index in [2.05, 4.69) is 33.6 Å². The number of carbonyl (C=O) groups excluding carboxylic acids is 3. The molecule has 0 saturated carbocycles. The fourth-order valence-corrected chi connectivity index (χ4v) is 7.66. The molecule has 11 nitrogen and oxygen atoms in total. The molecule has 2 saturated heterocycles. The van der Waals surface area contributed by atoms with Gasteiger partial charge in [-0.3, -0.25) is 24.1 Å². The van der Waals surface area contributed by atoms with Crippen molar-refractivity contribution in [3.8, 4) is 6.07 Å². The van der Waals surface area contributed by atoms with Crippen molar-refractivity contribution in [3.63, 3.8) is 0 Å². The van der Waals surface area contributed by atoms with Crippen molar-refractivity contribution >= 4 is 45.4 Å². The Kier molecular flexibility index (Phi) is 6.01. The summed E-state index contributed by atoms with van der Waals surface area (Å²) in [6.45, 7) is 4.41. The molecule has 0 aliphatic carbocycles. The van der Waals surface area contributed by atoms with Gasteiger partial charge in [-0.2, -0.15) is 5.26 Å². The van der Waals surface area contributed by atoms with Crippen LogP contribution in [-0.4, -0.2) is 80.7 Å². The third kappa shape index (κ3) is 4.02. The van der Waals surface area contributed by atoms with Crippen molar-refractivity contribution in [1.29, 1.82) is 5.26 Å². The lowest BCUT2D eigenvalue weighted by molar-refractivity contribution is -0.133. The molecule has 4 aliphatic heterocycles. The highest BCUT2D eigenvalue weighted by molar-refractivity contribution is 6.49. The molecule has 3 amide bonds. The predicted molar refractivity (Wildman–Crippen MR) is 163 cm³/mol. The fourth-order valence-electron chi connectivity index (χ4n) is 7.66. The number of pyridine rings is 1. The third-order valence-corrected chi connectivity index (χ3v) is 10.1. The van der Waals surface area contributed by atoms with Crippen molar-refractivity contribution in [3.05, 3.63) is 71.3 Å². The highest BCUT2D eigenvalue weighted by Gasteiger charge is 2.43. The van der Waals surface area contributed by atoms with Crippen LogP contribution in [0.5, 0.6) is 0 Å². The number of hydrogen-bond donors (Lipinski definition) is 2. The van der Waals surface area contributed by atoms with Gasteiger partial charge in [0.2, 0.25) is 5.91 Å². The van der Waals surface area contributed by atoms with Crippen LogP contribution in [0.2, 0.25) is 0 Å². The Hall–Kier alpha value is -4.79. The second-order valence-corrected chi connectivity index (χ2v) is 12.6. The van der Waals surface area contributed by atoms with Crippen molar-refractivity contribution in [2.24, 2.45) is 5.41 Å². The van der Waals surface area contributed by atoms with Gasteiger partial charge in [-0.15, -0.1) is 0 Å². The van der Waals surface area contributed by atoms with Crippen LogP contribution >= 0.6 is 0 Å². The van der Waals surface area contributed by atoms with E-state index in [-0.39, 0.29) is 22.5 Å². The second-order valence-electron chi connectivity index (χ2n) is 12.6. The zero-order chi connectivity index (χ0) is 30.2. The first kappa shape index (κ1) is 26.8. The Bertz CT molecular complexity index is 1970. The smallest absolute Gasteiger partial charge is 0.261 e. The van der Waals surface area contributed by atoms with Crippen molar-refractivity contribution in [1.82, 2.24) is 34.4 Å². The molecule has 0 bridgehead atoms. The molecular weight excluding hydrogens is 556 g/mol. The molecular formula is C33H32N8O3. The normalized spacial score (nSPS) is 21.8. The van der Waals surface area contributed by atoms with Gasteiger partial charge in [0.05, 0.1) is 28.6 Å². The Morgan fingerprint density at radius 1 is 1.07 bits per heavy atom. The van der Waals surface area contributed by atoms with E-state index >= 15 is 0 Å². The Labute approximate surface area is 253 Å². The second kappa shape index (κ2) is 9.87. The maximum Gasteiger partial charge on any atom is 0.261 e. The largest absolute Gasteiger partial charge is 0.341 e. The summed E-state index contributed by atoms with van der Waals surface area (Å²) in [7, 11) is 2.15. The third-order valence-electron chi connectivity index (χ3n) is 10.1. The first-order valence-electron chi connectivity index (χ1n) is 15.1. The summed E-state index contributed by atoms with van der Waals surface area (Å²) < 4.78 is 3.69. The molecule has 4 aliphatic rings. The van der Waals surface area contributed by atoms with Crippen LogP contribution < -0.4 is 10.6 Å². The molecule has 44 heavy (non-hydrogen) atoms. The number of carbonyl (C=O) groups is 3. The Morgan fingerprint density at radius 2 is 1.86 bits per heavy atom. The zero-order valence-corrected chi connectivity index (χ0v) is 24.5. The molecule has 11 heteroatoms. The van der Waals surface area contributed by atoms with E-state index < -0.39 is 17.9 Å². The average molecular weight is 589 g/mol. The van der Waals surface area contributed by atoms with Gasteiger partial charge in [0, 0.05) is 37.8 Å². The van der Waals surface area contributed by atoms with Crippen LogP contribution in [0, 0.1) is 16.7 Å². The maximum absolute atomic E-state index is 13.9. The van der Waals surface area contributed by atoms with Crippen molar-refractivity contribution < 1.29 is 14.4 Å². The van der Waals surface area contributed by atoms with Gasteiger partial charge in [0.25, 0.3) is 11.8 Å². The number of hydrogen-bond acceptors (Lipinski definition) is 7. The molecule has 1 aromatic carbocycles. The number of likely N-dealkylation sites (tertiary alicyclic amines) is 2. The highest BCUT2D eigenvalue weighted by atomic mass is 16.2. The fraction of sp³-hybridized carbons (Fsp3) is 0.364. The SMILES string of the molecule is CN1CCC2(CC1)CCN(C(=O)C1Cn3c(C#N)cc4c(C5=C(c6cnc7ccccn67)C(=O)NC5=O)ccc(c43)CN1)C2. The van der Waals surface area contributed by atoms with Crippen LogP contribution in [0.4, 0.5) is 0 Å². The number of piperidine rings is 1. The predicted octanol–water partition coefficient (Wildman–Crippen LogP) is 2.14. The topological polar surface area (TPSA) is 128 Å². The van der Waals surface area contributed by atoms with Gasteiger partial charge in [-0.1, -0.05) is 18.2 Å². The van der Waals surface area contributed by atoms with Gasteiger partial charge in [0.15, 0.2) is 0 Å². The molecule has 2 N–H and O–H groups in total. The number of aromatic nitrogens is 3. The average Bonchev–Trinajstić information content (AvgIpc) is 3.77. The summed E-state index contributed by atoms with van der Waals surface area (Å²) in [5.41, 5.74) is 4.57. The quantitative estimate of drug-likeness (QED) is 0.351. The standard InChI is InChI=1S/C33H32N8O3/c1-38-11-7-33(8-12-38)9-13-39(19-33)32(44)24-18-41-21(15-34)14-23-22(6-5-20(16-35-24)29(23)41)27-28(31(43)37-30(27)42)25-17-36-26-4-2-3-10-40(25)26/h2-6,10,14,17,24,35H,7-9,11-13,16,18-19H2,1H3,(H,37,42,43). The molecule has 8 rings (SSSR count). The minimum atomic E-state index is -0.492. The zero-order valence-electron chi connectivity index (χ0n) is 24.5. The Morgan fingerprint density at radius 3 is 2.68 bits per heavy atom. The monoisotopic (exact) mass is 588 g/mol. The van der Waals surface area contributed by atoms with Crippen LogP contribution in [0.1, 0.15) is 41.8 Å². The van der Waals surface area contributed by atoms with Crippen LogP contribution in [0.15, 0.2) is 48.8 Å². The molecule has 1 unspecified atom stereocenters. The molecule has 2 fully saturated rings. The van der Waals surface area contributed by atoms with E-state index in [0.717, 1.165) is 56.5 Å². The number of benzene rings is 1. The number of fused-ring (bicyclic) bond motifs is 1. The van der Waals surface area contributed by atoms with Gasteiger partial charge in [-0.05, 0) is 74.1 Å². The number of nitrogens with one attached hydrogen (secondary N) is 2. The highest BCUT2D eigenvalue weighted by Crippen LogP contribution is 2.41. The first-order chi connectivity index (χ1) is 21.4. The van der Waals surface area contributed by atoms with Crippen molar-refractivity contribution in [2.45, 2.75) is 38.4 Å². The maximum atomic E-state index is 13.9. The number of rotatable bonds is 3.